The van der Waals surface area contributed by atoms with Crippen molar-refractivity contribution in [3.8, 4) is 0 Å². The number of carbonyl (C=O) groups excluding carboxylic acids is 1. The lowest BCUT2D eigenvalue weighted by Crippen LogP contribution is -2.57. The number of amides is 1. The first-order valence-electron chi connectivity index (χ1n) is 9.90. The molecular weight excluding hydrogens is 330 g/mol. The Morgan fingerprint density at radius 3 is 2.81 bits per heavy atom. The van der Waals surface area contributed by atoms with Crippen LogP contribution >= 0.6 is 0 Å². The van der Waals surface area contributed by atoms with Crippen molar-refractivity contribution in [3.63, 3.8) is 0 Å². The van der Waals surface area contributed by atoms with Gasteiger partial charge in [0, 0.05) is 51.3 Å². The molecule has 0 aromatic heterocycles. The van der Waals surface area contributed by atoms with Gasteiger partial charge in [-0.15, -0.1) is 0 Å². The first-order chi connectivity index (χ1) is 12.5. The van der Waals surface area contributed by atoms with Gasteiger partial charge >= 0.3 is 0 Å². The molecular formula is C19H31N5O2. The van der Waals surface area contributed by atoms with Crippen molar-refractivity contribution in [2.45, 2.75) is 57.3 Å². The maximum Gasteiger partial charge on any atom is 0.233 e. The number of piperidine rings is 1. The largest absolute Gasteiger partial charge is 0.380 e. The third kappa shape index (κ3) is 2.95. The summed E-state index contributed by atoms with van der Waals surface area (Å²) in [7, 11) is 3.74. The van der Waals surface area contributed by atoms with Gasteiger partial charge in [0.2, 0.25) is 5.91 Å². The van der Waals surface area contributed by atoms with Crippen molar-refractivity contribution < 1.29 is 9.53 Å². The summed E-state index contributed by atoms with van der Waals surface area (Å²) in [5.41, 5.74) is 0. The Balaban J connectivity index is 1.53. The number of methoxy groups -OCH3 is 1. The molecule has 4 rings (SSSR count). The zero-order valence-electron chi connectivity index (χ0n) is 16.3. The second-order valence-corrected chi connectivity index (χ2v) is 8.41. The van der Waals surface area contributed by atoms with E-state index in [9.17, 15) is 4.79 Å². The number of aliphatic imine (C=N–C) groups is 1. The first kappa shape index (κ1) is 17.9. The van der Waals surface area contributed by atoms with E-state index in [1.165, 1.54) is 0 Å². The van der Waals surface area contributed by atoms with Crippen LogP contribution in [-0.2, 0) is 9.53 Å². The van der Waals surface area contributed by atoms with E-state index in [2.05, 4.69) is 35.5 Å². The van der Waals surface area contributed by atoms with E-state index >= 15 is 0 Å². The molecule has 2 saturated heterocycles. The molecule has 0 spiro atoms. The van der Waals surface area contributed by atoms with Crippen molar-refractivity contribution in [1.29, 1.82) is 0 Å². The summed E-state index contributed by atoms with van der Waals surface area (Å²) in [6, 6.07) is 0.680. The molecule has 7 nitrogen and oxygen atoms in total. The van der Waals surface area contributed by atoms with Gasteiger partial charge in [-0.3, -0.25) is 19.7 Å². The number of hydrazone groups is 1. The number of carbonyl (C=O) groups is 1. The number of nitrogens with zero attached hydrogens (tertiary/aromatic N) is 4. The highest BCUT2D eigenvalue weighted by Crippen LogP contribution is 2.39. The minimum atomic E-state index is 0.0496. The molecule has 4 aliphatic rings. The molecule has 7 atom stereocenters. The molecule has 4 heterocycles. The van der Waals surface area contributed by atoms with Gasteiger partial charge in [0.15, 0.2) is 0 Å². The molecule has 2 fully saturated rings. The van der Waals surface area contributed by atoms with Crippen LogP contribution < -0.4 is 5.32 Å². The maximum absolute atomic E-state index is 13.2. The summed E-state index contributed by atoms with van der Waals surface area (Å²) in [4.78, 5) is 19.7. The highest BCUT2D eigenvalue weighted by molar-refractivity contribution is 6.02. The zero-order valence-corrected chi connectivity index (χ0v) is 16.3. The fourth-order valence-corrected chi connectivity index (χ4v) is 5.26. The number of hydrogen-bond donors (Lipinski definition) is 1. The van der Waals surface area contributed by atoms with E-state index in [-0.39, 0.29) is 30.0 Å². The molecule has 0 bridgehead atoms. The van der Waals surface area contributed by atoms with Gasteiger partial charge in [0.05, 0.1) is 24.6 Å². The lowest BCUT2D eigenvalue weighted by Gasteiger charge is -2.41. The number of fused-ring (bicyclic) bond motifs is 1. The molecule has 0 aromatic carbocycles. The van der Waals surface area contributed by atoms with Crippen LogP contribution in [0, 0.1) is 17.8 Å². The summed E-state index contributed by atoms with van der Waals surface area (Å²) in [6.07, 6.45) is 5.19. The monoisotopic (exact) mass is 361 g/mol. The molecule has 1 amide bonds. The van der Waals surface area contributed by atoms with Gasteiger partial charge in [-0.05, 0) is 25.7 Å². The molecule has 1 N–H and O–H groups in total. The van der Waals surface area contributed by atoms with Crippen molar-refractivity contribution in [2.75, 3.05) is 27.2 Å². The van der Waals surface area contributed by atoms with Crippen LogP contribution in [0.1, 0.15) is 33.1 Å². The number of ether oxygens (including phenoxy) is 1. The summed E-state index contributed by atoms with van der Waals surface area (Å²) < 4.78 is 5.53. The van der Waals surface area contributed by atoms with Gasteiger partial charge in [-0.25, -0.2) is 0 Å². The van der Waals surface area contributed by atoms with Gasteiger partial charge < -0.3 is 10.1 Å². The molecule has 0 aromatic rings. The van der Waals surface area contributed by atoms with E-state index in [4.69, 9.17) is 4.74 Å². The lowest BCUT2D eigenvalue weighted by molar-refractivity contribution is -0.130. The van der Waals surface area contributed by atoms with E-state index < -0.39 is 0 Å². The van der Waals surface area contributed by atoms with Crippen molar-refractivity contribution >= 4 is 18.0 Å². The van der Waals surface area contributed by atoms with E-state index in [0.29, 0.717) is 17.9 Å². The minimum absolute atomic E-state index is 0.0496. The maximum atomic E-state index is 13.2. The van der Waals surface area contributed by atoms with E-state index in [1.54, 1.807) is 7.11 Å². The van der Waals surface area contributed by atoms with Crippen LogP contribution in [0.5, 0.6) is 0 Å². The molecule has 7 heteroatoms. The van der Waals surface area contributed by atoms with E-state index in [0.717, 1.165) is 38.2 Å². The fraction of sp³-hybridized carbons (Fsp3) is 0.842. The number of hydrogen-bond acceptors (Lipinski definition) is 6. The molecule has 0 aliphatic carbocycles. The average molecular weight is 361 g/mol. The van der Waals surface area contributed by atoms with E-state index in [1.807, 2.05) is 17.0 Å². The third-order valence-electron chi connectivity index (χ3n) is 6.70. The van der Waals surface area contributed by atoms with Crippen LogP contribution in [0.4, 0.5) is 0 Å². The predicted octanol–water partition coefficient (Wildman–Crippen LogP) is 0.955. The third-order valence-corrected chi connectivity index (χ3v) is 6.70. The first-order valence-corrected chi connectivity index (χ1v) is 9.90. The predicted molar refractivity (Wildman–Crippen MR) is 101 cm³/mol. The van der Waals surface area contributed by atoms with Crippen LogP contribution in [0.15, 0.2) is 10.1 Å². The summed E-state index contributed by atoms with van der Waals surface area (Å²) >= 11 is 0. The topological polar surface area (TPSA) is 69.5 Å². The minimum Gasteiger partial charge on any atom is -0.380 e. The van der Waals surface area contributed by atoms with Crippen LogP contribution in [-0.4, -0.2) is 79.3 Å². The molecule has 6 unspecified atom stereocenters. The zero-order chi connectivity index (χ0) is 18.4. The van der Waals surface area contributed by atoms with Crippen molar-refractivity contribution in [1.82, 2.24) is 15.2 Å². The Hall–Kier alpha value is -1.47. The lowest BCUT2D eigenvalue weighted by atomic mass is 9.75. The highest BCUT2D eigenvalue weighted by atomic mass is 16.5. The standard InChI is InChI=1S/C19H31N5O2/c1-11-7-15(13-8-14(26-4)10-20-9-13)21-18-12(2)24(19(25)17(11)18)16-5-6-23(3)22-16/h9,11-15,17-18,21H,5-8,10H2,1-4H3/t11?,12-,13?,14?,15?,17?,18?/m1/s1. The Morgan fingerprint density at radius 1 is 1.31 bits per heavy atom. The number of likely N-dealkylation sites (tertiary alicyclic amines) is 1. The SMILES string of the molecule is COC1CN=CC(C2CC(C)C3C(=O)N(C4=NN(C)CC4)[C@H](C)C3N2)C1. The Kier molecular flexibility index (Phi) is 4.77. The Morgan fingerprint density at radius 2 is 2.12 bits per heavy atom. The second kappa shape index (κ2) is 6.93. The summed E-state index contributed by atoms with van der Waals surface area (Å²) in [6.45, 7) is 6.05. The number of nitrogens with one attached hydrogen (secondary N) is 1. The molecule has 144 valence electrons. The summed E-state index contributed by atoms with van der Waals surface area (Å²) in [5.74, 6) is 1.98. The Labute approximate surface area is 155 Å². The van der Waals surface area contributed by atoms with Gasteiger partial charge in [0.25, 0.3) is 0 Å². The van der Waals surface area contributed by atoms with Gasteiger partial charge in [-0.2, -0.15) is 5.10 Å². The Bertz CT molecular complexity index is 621. The van der Waals surface area contributed by atoms with Crippen molar-refractivity contribution in [2.24, 2.45) is 27.8 Å². The number of amidine groups is 1. The molecule has 26 heavy (non-hydrogen) atoms. The van der Waals surface area contributed by atoms with Gasteiger partial charge in [-0.1, -0.05) is 6.92 Å². The average Bonchev–Trinajstić information content (AvgIpc) is 3.16. The molecule has 4 aliphatic heterocycles. The highest BCUT2D eigenvalue weighted by Gasteiger charge is 2.53. The fourth-order valence-electron chi connectivity index (χ4n) is 5.26. The molecule has 0 radical (unpaired) electrons. The van der Waals surface area contributed by atoms with Gasteiger partial charge in [0.1, 0.15) is 5.84 Å². The quantitative estimate of drug-likeness (QED) is 0.795. The molecule has 0 saturated carbocycles. The van der Waals surface area contributed by atoms with Crippen LogP contribution in [0.2, 0.25) is 0 Å². The van der Waals surface area contributed by atoms with Crippen LogP contribution in [0.25, 0.3) is 0 Å². The van der Waals surface area contributed by atoms with Crippen LogP contribution in [0.3, 0.4) is 0 Å². The number of rotatable bonds is 2. The smallest absolute Gasteiger partial charge is 0.233 e. The summed E-state index contributed by atoms with van der Waals surface area (Å²) in [5, 5.41) is 10.3. The normalized spacial score (nSPS) is 43.0. The van der Waals surface area contributed by atoms with Crippen molar-refractivity contribution in [3.05, 3.63) is 0 Å². The second-order valence-electron chi connectivity index (χ2n) is 8.41.